The van der Waals surface area contributed by atoms with Gasteiger partial charge in [0.15, 0.2) is 0 Å². The summed E-state index contributed by atoms with van der Waals surface area (Å²) in [5.74, 6) is 0. The SMILES string of the molecule is CC(C)(C)c1cccc(-c2ccc3c4ccc(N(c5ccccc5)c5ccc6c(c5)oc5cc7cc8c(cc7cc56)oc5cc(N(c6ccccc6)c6ccc7c9ccc(-c%10cccc(C(C)(C)C)c%10)cc9n(-c9cccc(C(C)(C)C)c9)c7c6)ccc58)cc4n(-c4cccc(C(C)(C)C)c4)c3c2)c1. The first-order chi connectivity index (χ1) is 50.0. The number of fused-ring (bicyclic) bond motifs is 13. The van der Waals surface area contributed by atoms with Gasteiger partial charge < -0.3 is 27.8 Å². The Morgan fingerprint density at radius 1 is 0.221 bits per heavy atom. The molecule has 0 fully saturated rings. The number of hydrogen-bond donors (Lipinski definition) is 0. The van der Waals surface area contributed by atoms with Crippen molar-refractivity contribution in [2.24, 2.45) is 0 Å². The number of benzene rings is 14. The molecule has 4 aromatic heterocycles. The highest BCUT2D eigenvalue weighted by atomic mass is 16.3. The molecule has 0 saturated carbocycles. The molecule has 6 nitrogen and oxygen atoms in total. The van der Waals surface area contributed by atoms with Gasteiger partial charge in [-0.25, -0.2) is 0 Å². The molecule has 0 atom stereocenters. The van der Waals surface area contributed by atoms with E-state index in [1.54, 1.807) is 0 Å². The van der Waals surface area contributed by atoms with Crippen LogP contribution in [0.25, 0.3) is 132 Å². The molecular formula is C98H84N4O2. The Labute approximate surface area is 608 Å². The van der Waals surface area contributed by atoms with Crippen LogP contribution in [0.2, 0.25) is 0 Å². The molecule has 0 aliphatic heterocycles. The van der Waals surface area contributed by atoms with Crippen molar-refractivity contribution in [1.82, 2.24) is 9.13 Å². The number of aromatic nitrogens is 2. The van der Waals surface area contributed by atoms with Crippen LogP contribution in [0, 0.1) is 0 Å². The van der Waals surface area contributed by atoms with Crippen molar-refractivity contribution in [1.29, 1.82) is 0 Å². The second-order valence-electron chi connectivity index (χ2n) is 32.8. The smallest absolute Gasteiger partial charge is 0.137 e. The number of anilines is 6. The van der Waals surface area contributed by atoms with Crippen molar-refractivity contribution in [3.8, 4) is 33.6 Å². The summed E-state index contributed by atoms with van der Waals surface area (Å²) >= 11 is 0. The van der Waals surface area contributed by atoms with Gasteiger partial charge >= 0.3 is 0 Å². The summed E-state index contributed by atoms with van der Waals surface area (Å²) in [6.07, 6.45) is 0. The number of rotatable bonds is 10. The highest BCUT2D eigenvalue weighted by Gasteiger charge is 2.26. The number of hydrogen-bond acceptors (Lipinski definition) is 4. The fourth-order valence-electron chi connectivity index (χ4n) is 15.9. The van der Waals surface area contributed by atoms with E-state index in [4.69, 9.17) is 8.83 Å². The Kier molecular flexibility index (Phi) is 14.7. The molecule has 0 amide bonds. The van der Waals surface area contributed by atoms with Gasteiger partial charge in [0, 0.05) is 101 Å². The lowest BCUT2D eigenvalue weighted by Gasteiger charge is -2.26. The zero-order chi connectivity index (χ0) is 71.3. The van der Waals surface area contributed by atoms with E-state index in [2.05, 4.69) is 393 Å². The van der Waals surface area contributed by atoms with Crippen LogP contribution in [0.5, 0.6) is 0 Å². The quantitative estimate of drug-likeness (QED) is 0.137. The van der Waals surface area contributed by atoms with Crippen LogP contribution in [0.1, 0.15) is 105 Å². The van der Waals surface area contributed by atoms with E-state index in [-0.39, 0.29) is 21.7 Å². The van der Waals surface area contributed by atoms with Gasteiger partial charge in [-0.2, -0.15) is 0 Å². The molecule has 104 heavy (non-hydrogen) atoms. The van der Waals surface area contributed by atoms with E-state index in [1.165, 1.54) is 77.1 Å². The van der Waals surface area contributed by atoms with Crippen molar-refractivity contribution >= 4 is 132 Å². The topological polar surface area (TPSA) is 42.6 Å². The van der Waals surface area contributed by atoms with Gasteiger partial charge in [-0.1, -0.05) is 229 Å². The molecular weight excluding hydrogens is 1270 g/mol. The fourth-order valence-corrected chi connectivity index (χ4v) is 15.9. The minimum absolute atomic E-state index is 0.0282. The minimum atomic E-state index is -0.0384. The molecule has 0 bridgehead atoms. The summed E-state index contributed by atoms with van der Waals surface area (Å²) in [7, 11) is 0. The molecule has 508 valence electrons. The molecule has 0 unspecified atom stereocenters. The van der Waals surface area contributed by atoms with Crippen LogP contribution in [-0.2, 0) is 21.7 Å². The Bertz CT molecular complexity index is 6070. The standard InChI is InChI=1S/C98H84N4O2/c1-95(2,3)67-25-19-23-61(47-67)63-35-41-79-81-43-37-75(57-89(81)101(87(79)51-63)73-33-21-27-69(55-73)97(7,8)9)99(71-29-15-13-16-30-71)77-39-45-83-85-49-65-54-92-86(50-66(65)53-91(85)103-93(83)59-77)84-46-40-78(60-94(84)104-92)100(72-31-17-14-18-32-72)76-38-44-82-80-42-36-64(62-24-20-26-68(48-62)96(4,5)6)52-88(80)102(90(82)58-76)74-34-22-28-70(56-74)98(10,11)12/h13-60H,1-12H3. The van der Waals surface area contributed by atoms with Gasteiger partial charge in [-0.3, -0.25) is 0 Å². The third-order valence-electron chi connectivity index (χ3n) is 21.6. The lowest BCUT2D eigenvalue weighted by Crippen LogP contribution is -2.11. The maximum atomic E-state index is 7.00. The van der Waals surface area contributed by atoms with Crippen LogP contribution >= 0.6 is 0 Å². The Hall–Kier alpha value is -11.9. The lowest BCUT2D eigenvalue weighted by atomic mass is 9.85. The fraction of sp³-hybridized carbons (Fsp3) is 0.163. The van der Waals surface area contributed by atoms with Gasteiger partial charge in [0.25, 0.3) is 0 Å². The summed E-state index contributed by atoms with van der Waals surface area (Å²) in [5.41, 5.74) is 26.4. The van der Waals surface area contributed by atoms with E-state index < -0.39 is 0 Å². The molecule has 18 aromatic rings. The van der Waals surface area contributed by atoms with Crippen molar-refractivity contribution in [2.75, 3.05) is 9.80 Å². The summed E-state index contributed by atoms with van der Waals surface area (Å²) in [4.78, 5) is 4.72. The van der Waals surface area contributed by atoms with Crippen LogP contribution in [0.3, 0.4) is 0 Å². The first-order valence-electron chi connectivity index (χ1n) is 36.6. The zero-order valence-electron chi connectivity index (χ0n) is 61.3. The normalized spacial score (nSPS) is 12.6. The summed E-state index contributed by atoms with van der Waals surface area (Å²) in [6.45, 7) is 27.5. The van der Waals surface area contributed by atoms with Crippen LogP contribution in [-0.4, -0.2) is 9.13 Å². The molecule has 6 heteroatoms. The van der Waals surface area contributed by atoms with Crippen molar-refractivity contribution in [2.45, 2.75) is 105 Å². The minimum Gasteiger partial charge on any atom is -0.456 e. The molecule has 14 aromatic carbocycles. The summed E-state index contributed by atoms with van der Waals surface area (Å²) < 4.78 is 19.0. The Balaban J connectivity index is 0.724. The molecule has 4 heterocycles. The van der Waals surface area contributed by atoms with Crippen LogP contribution in [0.15, 0.2) is 300 Å². The average molecular weight is 1350 g/mol. The van der Waals surface area contributed by atoms with Crippen LogP contribution < -0.4 is 9.80 Å². The monoisotopic (exact) mass is 1350 g/mol. The highest BCUT2D eigenvalue weighted by Crippen LogP contribution is 2.47. The first-order valence-corrected chi connectivity index (χ1v) is 36.6. The largest absolute Gasteiger partial charge is 0.456 e. The third-order valence-corrected chi connectivity index (χ3v) is 21.6. The maximum absolute atomic E-state index is 7.00. The maximum Gasteiger partial charge on any atom is 0.137 e. The van der Waals surface area contributed by atoms with E-state index in [9.17, 15) is 0 Å². The predicted molar refractivity (Wildman–Crippen MR) is 442 cm³/mol. The molecule has 18 rings (SSSR count). The van der Waals surface area contributed by atoms with E-state index in [0.29, 0.717) is 0 Å². The van der Waals surface area contributed by atoms with E-state index in [0.717, 1.165) is 111 Å². The average Bonchev–Trinajstić information content (AvgIpc) is 1.60. The molecule has 0 spiro atoms. The lowest BCUT2D eigenvalue weighted by molar-refractivity contribution is 0.589. The second-order valence-corrected chi connectivity index (χ2v) is 32.8. The Morgan fingerprint density at radius 3 is 0.904 bits per heavy atom. The molecule has 0 N–H and O–H groups in total. The zero-order valence-corrected chi connectivity index (χ0v) is 61.3. The molecule has 0 aliphatic rings. The van der Waals surface area contributed by atoms with Crippen molar-refractivity contribution < 1.29 is 8.83 Å². The van der Waals surface area contributed by atoms with Crippen molar-refractivity contribution in [3.05, 3.63) is 313 Å². The van der Waals surface area contributed by atoms with Crippen LogP contribution in [0.4, 0.5) is 34.1 Å². The molecule has 0 aliphatic carbocycles. The van der Waals surface area contributed by atoms with Gasteiger partial charge in [0.05, 0.1) is 22.1 Å². The van der Waals surface area contributed by atoms with E-state index >= 15 is 0 Å². The first kappa shape index (κ1) is 64.3. The van der Waals surface area contributed by atoms with Crippen molar-refractivity contribution in [3.63, 3.8) is 0 Å². The van der Waals surface area contributed by atoms with Gasteiger partial charge in [-0.05, 0) is 210 Å². The predicted octanol–water partition coefficient (Wildman–Crippen LogP) is 28.3. The summed E-state index contributed by atoms with van der Waals surface area (Å²) in [5, 5.41) is 11.2. The number of para-hydroxylation sites is 2. The number of furan rings is 2. The number of nitrogens with zero attached hydrogens (tertiary/aromatic N) is 4. The second kappa shape index (κ2) is 23.9. The van der Waals surface area contributed by atoms with Gasteiger partial charge in [0.1, 0.15) is 22.3 Å². The molecule has 0 radical (unpaired) electrons. The van der Waals surface area contributed by atoms with Gasteiger partial charge in [0.2, 0.25) is 0 Å². The third kappa shape index (κ3) is 11.1. The molecule has 0 saturated heterocycles. The van der Waals surface area contributed by atoms with Gasteiger partial charge in [-0.15, -0.1) is 0 Å². The van der Waals surface area contributed by atoms with E-state index in [1.807, 2.05) is 0 Å². The summed E-state index contributed by atoms with van der Waals surface area (Å²) in [6, 6.07) is 108. The highest BCUT2D eigenvalue weighted by molar-refractivity contribution is 6.17. The Morgan fingerprint density at radius 2 is 0.529 bits per heavy atom.